The van der Waals surface area contributed by atoms with E-state index in [0.29, 0.717) is 18.5 Å². The van der Waals surface area contributed by atoms with E-state index in [1.165, 1.54) is 23.2 Å². The van der Waals surface area contributed by atoms with Crippen LogP contribution >= 0.6 is 0 Å². The minimum atomic E-state index is -0.320. The summed E-state index contributed by atoms with van der Waals surface area (Å²) in [7, 11) is 0. The summed E-state index contributed by atoms with van der Waals surface area (Å²) in [6, 6.07) is 5.90. The van der Waals surface area contributed by atoms with Gasteiger partial charge < -0.3 is 10.2 Å². The van der Waals surface area contributed by atoms with Gasteiger partial charge in [-0.15, -0.1) is 0 Å². The molecule has 0 saturated heterocycles. The van der Waals surface area contributed by atoms with Crippen LogP contribution in [-0.2, 0) is 17.8 Å². The van der Waals surface area contributed by atoms with Crippen molar-refractivity contribution in [3.05, 3.63) is 53.1 Å². The van der Waals surface area contributed by atoms with Gasteiger partial charge in [-0.3, -0.25) is 14.7 Å². The third-order valence-electron chi connectivity index (χ3n) is 3.71. The molecule has 6 nitrogen and oxygen atoms in total. The van der Waals surface area contributed by atoms with Gasteiger partial charge in [0.2, 0.25) is 5.91 Å². The number of aryl methyl sites for hydroxylation is 1. The molecule has 1 aromatic carbocycles. The zero-order valence-corrected chi connectivity index (χ0v) is 13.8. The van der Waals surface area contributed by atoms with Crippen LogP contribution in [0, 0.1) is 5.82 Å². The van der Waals surface area contributed by atoms with Crippen molar-refractivity contribution in [2.75, 3.05) is 13.1 Å². The first kappa shape index (κ1) is 17.7. The number of aromatic nitrogens is 2. The number of H-pyrrole nitrogens is 1. The number of benzene rings is 1. The Bertz CT molecular complexity index is 697. The maximum Gasteiger partial charge on any atom is 0.257 e. The molecule has 2 amide bonds. The molecule has 0 atom stereocenters. The quantitative estimate of drug-likeness (QED) is 0.813. The Morgan fingerprint density at radius 1 is 1.25 bits per heavy atom. The van der Waals surface area contributed by atoms with E-state index in [0.717, 1.165) is 11.3 Å². The topological polar surface area (TPSA) is 78.1 Å². The van der Waals surface area contributed by atoms with Gasteiger partial charge in [0.1, 0.15) is 5.82 Å². The number of nitrogens with zero attached hydrogens (tertiary/aromatic N) is 2. The minimum Gasteiger partial charge on any atom is -0.350 e. The summed E-state index contributed by atoms with van der Waals surface area (Å²) in [5.74, 6) is -0.809. The second-order valence-electron chi connectivity index (χ2n) is 5.34. The molecule has 1 heterocycles. The van der Waals surface area contributed by atoms with E-state index in [-0.39, 0.29) is 30.7 Å². The lowest BCUT2D eigenvalue weighted by Crippen LogP contribution is -2.40. The third kappa shape index (κ3) is 4.41. The van der Waals surface area contributed by atoms with Gasteiger partial charge in [0.25, 0.3) is 5.91 Å². The molecule has 128 valence electrons. The number of amides is 2. The fourth-order valence-electron chi connectivity index (χ4n) is 2.30. The molecule has 0 aliphatic heterocycles. The Hall–Kier alpha value is -2.70. The number of aromatic amines is 1. The Kier molecular flexibility index (Phi) is 6.06. The number of rotatable bonds is 7. The van der Waals surface area contributed by atoms with Crippen molar-refractivity contribution < 1.29 is 14.0 Å². The van der Waals surface area contributed by atoms with Crippen LogP contribution in [0.1, 0.15) is 35.5 Å². The van der Waals surface area contributed by atoms with Gasteiger partial charge in [-0.2, -0.15) is 5.10 Å². The molecule has 2 rings (SSSR count). The molecule has 24 heavy (non-hydrogen) atoms. The van der Waals surface area contributed by atoms with E-state index in [1.54, 1.807) is 12.1 Å². The van der Waals surface area contributed by atoms with E-state index < -0.39 is 0 Å². The van der Waals surface area contributed by atoms with E-state index in [2.05, 4.69) is 15.5 Å². The largest absolute Gasteiger partial charge is 0.350 e. The monoisotopic (exact) mass is 332 g/mol. The molecular formula is C17H21FN4O2. The van der Waals surface area contributed by atoms with Gasteiger partial charge in [0, 0.05) is 18.8 Å². The number of likely N-dealkylation sites (N-methyl/N-ethyl adjacent to an activating group) is 1. The maximum atomic E-state index is 12.8. The minimum absolute atomic E-state index is 0.0368. The fraction of sp³-hybridized carbons (Fsp3) is 0.353. The summed E-state index contributed by atoms with van der Waals surface area (Å²) in [6.07, 6.45) is 2.15. The molecule has 0 saturated carbocycles. The van der Waals surface area contributed by atoms with Crippen molar-refractivity contribution in [2.45, 2.75) is 26.8 Å². The summed E-state index contributed by atoms with van der Waals surface area (Å²) in [5.41, 5.74) is 2.04. The van der Waals surface area contributed by atoms with E-state index in [4.69, 9.17) is 0 Å². The predicted molar refractivity (Wildman–Crippen MR) is 87.8 cm³/mol. The Morgan fingerprint density at radius 3 is 2.58 bits per heavy atom. The van der Waals surface area contributed by atoms with E-state index in [1.807, 2.05) is 13.8 Å². The SMILES string of the molecule is CCc1[nH]ncc1C(=O)N(CC)CC(=O)NCc1ccc(F)cc1. The molecule has 0 fully saturated rings. The van der Waals surface area contributed by atoms with Crippen LogP contribution < -0.4 is 5.32 Å². The van der Waals surface area contributed by atoms with Crippen molar-refractivity contribution >= 4 is 11.8 Å². The average Bonchev–Trinajstić information content (AvgIpc) is 3.07. The van der Waals surface area contributed by atoms with E-state index in [9.17, 15) is 14.0 Å². The molecule has 2 N–H and O–H groups in total. The average molecular weight is 332 g/mol. The highest BCUT2D eigenvalue weighted by molar-refractivity contribution is 5.97. The van der Waals surface area contributed by atoms with Crippen LogP contribution in [0.4, 0.5) is 4.39 Å². The highest BCUT2D eigenvalue weighted by atomic mass is 19.1. The number of nitrogens with one attached hydrogen (secondary N) is 2. The van der Waals surface area contributed by atoms with Gasteiger partial charge in [-0.1, -0.05) is 19.1 Å². The Labute approximate surface area is 140 Å². The second kappa shape index (κ2) is 8.24. The zero-order chi connectivity index (χ0) is 17.5. The highest BCUT2D eigenvalue weighted by Crippen LogP contribution is 2.09. The number of carbonyl (C=O) groups is 2. The lowest BCUT2D eigenvalue weighted by atomic mass is 10.2. The van der Waals surface area contributed by atoms with Gasteiger partial charge in [-0.05, 0) is 31.0 Å². The molecule has 2 aromatic rings. The first-order valence-electron chi connectivity index (χ1n) is 7.87. The standard InChI is InChI=1S/C17H21FN4O2/c1-3-15-14(10-20-21-15)17(24)22(4-2)11-16(23)19-9-12-5-7-13(18)8-6-12/h5-8,10H,3-4,9,11H2,1-2H3,(H,19,23)(H,20,21). The van der Waals surface area contributed by atoms with Gasteiger partial charge in [0.05, 0.1) is 18.3 Å². The molecule has 1 aromatic heterocycles. The van der Waals surface area contributed by atoms with Crippen molar-refractivity contribution in [3.8, 4) is 0 Å². The summed E-state index contributed by atoms with van der Waals surface area (Å²) >= 11 is 0. The van der Waals surface area contributed by atoms with Crippen molar-refractivity contribution in [3.63, 3.8) is 0 Å². The first-order chi connectivity index (χ1) is 11.5. The van der Waals surface area contributed by atoms with Gasteiger partial charge >= 0.3 is 0 Å². The zero-order valence-electron chi connectivity index (χ0n) is 13.8. The molecule has 0 aliphatic carbocycles. The molecule has 7 heteroatoms. The van der Waals surface area contributed by atoms with Crippen molar-refractivity contribution in [2.24, 2.45) is 0 Å². The van der Waals surface area contributed by atoms with Crippen LogP contribution in [-0.4, -0.2) is 40.0 Å². The maximum absolute atomic E-state index is 12.8. The molecule has 0 aliphatic rings. The van der Waals surface area contributed by atoms with Crippen LogP contribution in [0.5, 0.6) is 0 Å². The highest BCUT2D eigenvalue weighted by Gasteiger charge is 2.20. The summed E-state index contributed by atoms with van der Waals surface area (Å²) in [6.45, 7) is 4.41. The second-order valence-corrected chi connectivity index (χ2v) is 5.34. The van der Waals surface area contributed by atoms with Crippen LogP contribution in [0.2, 0.25) is 0 Å². The first-order valence-corrected chi connectivity index (χ1v) is 7.87. The van der Waals surface area contributed by atoms with Gasteiger partial charge in [0.15, 0.2) is 0 Å². The third-order valence-corrected chi connectivity index (χ3v) is 3.71. The molecule has 0 spiro atoms. The summed E-state index contributed by atoms with van der Waals surface area (Å²) in [5, 5.41) is 9.41. The number of hydrogen-bond donors (Lipinski definition) is 2. The van der Waals surface area contributed by atoms with E-state index >= 15 is 0 Å². The molecule has 0 unspecified atom stereocenters. The van der Waals surface area contributed by atoms with Crippen molar-refractivity contribution in [1.82, 2.24) is 20.4 Å². The predicted octanol–water partition coefficient (Wildman–Crippen LogP) is 1.89. The van der Waals surface area contributed by atoms with Crippen LogP contribution in [0.25, 0.3) is 0 Å². The van der Waals surface area contributed by atoms with Crippen molar-refractivity contribution in [1.29, 1.82) is 0 Å². The molecule has 0 bridgehead atoms. The molecule has 0 radical (unpaired) electrons. The number of carbonyl (C=O) groups excluding carboxylic acids is 2. The lowest BCUT2D eigenvalue weighted by molar-refractivity contribution is -0.121. The number of hydrogen-bond acceptors (Lipinski definition) is 3. The normalized spacial score (nSPS) is 10.5. The van der Waals surface area contributed by atoms with Gasteiger partial charge in [-0.25, -0.2) is 4.39 Å². The Balaban J connectivity index is 1.93. The number of halogens is 1. The smallest absolute Gasteiger partial charge is 0.257 e. The van der Waals surface area contributed by atoms with Crippen LogP contribution in [0.3, 0.4) is 0 Å². The Morgan fingerprint density at radius 2 is 1.96 bits per heavy atom. The molecular weight excluding hydrogens is 311 g/mol. The summed E-state index contributed by atoms with van der Waals surface area (Å²) < 4.78 is 12.8. The fourth-order valence-corrected chi connectivity index (χ4v) is 2.30. The lowest BCUT2D eigenvalue weighted by Gasteiger charge is -2.20. The summed E-state index contributed by atoms with van der Waals surface area (Å²) in [4.78, 5) is 26.0. The van der Waals surface area contributed by atoms with Crippen LogP contribution in [0.15, 0.2) is 30.5 Å².